The lowest BCUT2D eigenvalue weighted by molar-refractivity contribution is 0.0914. The van der Waals surface area contributed by atoms with E-state index in [2.05, 4.69) is 10.3 Å². The molecule has 1 aliphatic carbocycles. The molecule has 1 heterocycles. The molecular formula is C13H20N2O. The van der Waals surface area contributed by atoms with E-state index in [0.717, 1.165) is 25.8 Å². The molecule has 0 spiro atoms. The normalized spacial score (nSPS) is 25.6. The second-order valence-corrected chi connectivity index (χ2v) is 4.52. The molecule has 0 aromatic carbocycles. The minimum Gasteiger partial charge on any atom is -0.392 e. The number of aliphatic hydroxyl groups is 1. The molecular weight excluding hydrogens is 200 g/mol. The Kier molecular flexibility index (Phi) is 4.31. The van der Waals surface area contributed by atoms with Crippen LogP contribution in [0.25, 0.3) is 0 Å². The van der Waals surface area contributed by atoms with Crippen LogP contribution >= 0.6 is 0 Å². The van der Waals surface area contributed by atoms with Crippen molar-refractivity contribution in [2.24, 2.45) is 0 Å². The van der Waals surface area contributed by atoms with E-state index in [1.807, 2.05) is 24.5 Å². The van der Waals surface area contributed by atoms with Crippen LogP contribution in [0.5, 0.6) is 0 Å². The highest BCUT2D eigenvalue weighted by Gasteiger charge is 2.21. The monoisotopic (exact) mass is 220 g/mol. The molecule has 3 nitrogen and oxygen atoms in total. The van der Waals surface area contributed by atoms with Crippen molar-refractivity contribution in [2.45, 2.75) is 44.2 Å². The maximum absolute atomic E-state index is 9.79. The summed E-state index contributed by atoms with van der Waals surface area (Å²) in [6, 6.07) is 4.38. The predicted molar refractivity (Wildman–Crippen MR) is 64.2 cm³/mol. The molecule has 0 unspecified atom stereocenters. The molecule has 2 N–H and O–H groups in total. The second-order valence-electron chi connectivity index (χ2n) is 4.52. The summed E-state index contributed by atoms with van der Waals surface area (Å²) in [5, 5.41) is 13.2. The lowest BCUT2D eigenvalue weighted by atomic mass is 9.92. The van der Waals surface area contributed by atoms with E-state index >= 15 is 0 Å². The Morgan fingerprint density at radius 3 is 2.75 bits per heavy atom. The highest BCUT2D eigenvalue weighted by atomic mass is 16.3. The van der Waals surface area contributed by atoms with Crippen molar-refractivity contribution in [2.75, 3.05) is 6.54 Å². The Hall–Kier alpha value is -0.930. The molecule has 0 amide bonds. The van der Waals surface area contributed by atoms with Crippen molar-refractivity contribution in [1.82, 2.24) is 10.3 Å². The topological polar surface area (TPSA) is 45.1 Å². The number of hydrogen-bond acceptors (Lipinski definition) is 3. The standard InChI is InChI=1S/C13H20N2O/c16-13-4-2-1-3-12(13)15-10-7-11-5-8-14-9-6-11/h5-6,8-9,12-13,15-16H,1-4,7,10H2/t12-,13-/m1/s1. The van der Waals surface area contributed by atoms with Gasteiger partial charge in [-0.25, -0.2) is 0 Å². The molecule has 0 radical (unpaired) electrons. The number of nitrogens with zero attached hydrogens (tertiary/aromatic N) is 1. The molecule has 1 aromatic rings. The SMILES string of the molecule is O[C@@H]1CCCC[C@H]1NCCc1ccncc1. The molecule has 1 aromatic heterocycles. The Bertz CT molecular complexity index is 302. The van der Waals surface area contributed by atoms with Crippen LogP contribution in [0.1, 0.15) is 31.2 Å². The summed E-state index contributed by atoms with van der Waals surface area (Å²) in [4.78, 5) is 3.99. The maximum atomic E-state index is 9.79. The van der Waals surface area contributed by atoms with Crippen molar-refractivity contribution in [1.29, 1.82) is 0 Å². The smallest absolute Gasteiger partial charge is 0.0693 e. The van der Waals surface area contributed by atoms with E-state index in [0.29, 0.717) is 6.04 Å². The fraction of sp³-hybridized carbons (Fsp3) is 0.615. The fourth-order valence-corrected chi connectivity index (χ4v) is 2.30. The molecule has 16 heavy (non-hydrogen) atoms. The van der Waals surface area contributed by atoms with E-state index in [1.165, 1.54) is 18.4 Å². The predicted octanol–water partition coefficient (Wildman–Crippen LogP) is 1.52. The highest BCUT2D eigenvalue weighted by molar-refractivity contribution is 5.09. The number of aromatic nitrogens is 1. The summed E-state index contributed by atoms with van der Waals surface area (Å²) >= 11 is 0. The van der Waals surface area contributed by atoms with Crippen LogP contribution in [0.15, 0.2) is 24.5 Å². The molecule has 2 atom stereocenters. The van der Waals surface area contributed by atoms with Gasteiger partial charge < -0.3 is 10.4 Å². The quantitative estimate of drug-likeness (QED) is 0.808. The third kappa shape index (κ3) is 3.29. The van der Waals surface area contributed by atoms with Gasteiger partial charge in [-0.05, 0) is 43.5 Å². The zero-order valence-electron chi connectivity index (χ0n) is 9.60. The second kappa shape index (κ2) is 5.97. The van der Waals surface area contributed by atoms with E-state index in [-0.39, 0.29) is 6.10 Å². The van der Waals surface area contributed by atoms with Gasteiger partial charge in [-0.3, -0.25) is 4.98 Å². The molecule has 2 rings (SSSR count). The lowest BCUT2D eigenvalue weighted by Crippen LogP contribution is -2.42. The Morgan fingerprint density at radius 1 is 1.25 bits per heavy atom. The third-order valence-corrected chi connectivity index (χ3v) is 3.30. The van der Waals surface area contributed by atoms with Gasteiger partial charge in [0.2, 0.25) is 0 Å². The average Bonchev–Trinajstić information content (AvgIpc) is 2.33. The van der Waals surface area contributed by atoms with E-state index in [4.69, 9.17) is 0 Å². The minimum absolute atomic E-state index is 0.147. The Labute approximate surface area is 96.9 Å². The van der Waals surface area contributed by atoms with Gasteiger partial charge in [0.25, 0.3) is 0 Å². The van der Waals surface area contributed by atoms with E-state index in [9.17, 15) is 5.11 Å². The minimum atomic E-state index is -0.147. The summed E-state index contributed by atoms with van der Waals surface area (Å²) in [5.74, 6) is 0. The third-order valence-electron chi connectivity index (χ3n) is 3.30. The largest absolute Gasteiger partial charge is 0.392 e. The van der Waals surface area contributed by atoms with Crippen LogP contribution in [-0.2, 0) is 6.42 Å². The molecule has 88 valence electrons. The number of rotatable bonds is 4. The summed E-state index contributed by atoms with van der Waals surface area (Å²) < 4.78 is 0. The van der Waals surface area contributed by atoms with Crippen LogP contribution in [0.3, 0.4) is 0 Å². The summed E-state index contributed by atoms with van der Waals surface area (Å²) in [6.45, 7) is 0.936. The van der Waals surface area contributed by atoms with Crippen molar-refractivity contribution in [3.8, 4) is 0 Å². The summed E-state index contributed by atoms with van der Waals surface area (Å²) in [5.41, 5.74) is 1.30. The average molecular weight is 220 g/mol. The first kappa shape index (κ1) is 11.6. The first-order valence-electron chi connectivity index (χ1n) is 6.16. The van der Waals surface area contributed by atoms with Crippen molar-refractivity contribution >= 4 is 0 Å². The number of aliphatic hydroxyl groups excluding tert-OH is 1. The zero-order chi connectivity index (χ0) is 11.2. The molecule has 1 aliphatic rings. The van der Waals surface area contributed by atoms with Gasteiger partial charge in [0.15, 0.2) is 0 Å². The first-order valence-corrected chi connectivity index (χ1v) is 6.16. The molecule has 0 bridgehead atoms. The molecule has 3 heteroatoms. The van der Waals surface area contributed by atoms with Gasteiger partial charge >= 0.3 is 0 Å². The first-order chi connectivity index (χ1) is 7.86. The van der Waals surface area contributed by atoms with Crippen molar-refractivity contribution in [3.63, 3.8) is 0 Å². The lowest BCUT2D eigenvalue weighted by Gasteiger charge is -2.28. The van der Waals surface area contributed by atoms with Crippen molar-refractivity contribution < 1.29 is 5.11 Å². The fourth-order valence-electron chi connectivity index (χ4n) is 2.30. The summed E-state index contributed by atoms with van der Waals surface area (Å²) in [6.07, 6.45) is 8.98. The Morgan fingerprint density at radius 2 is 2.00 bits per heavy atom. The maximum Gasteiger partial charge on any atom is 0.0693 e. The number of hydrogen-bond donors (Lipinski definition) is 2. The van der Waals surface area contributed by atoms with E-state index < -0.39 is 0 Å². The van der Waals surface area contributed by atoms with Gasteiger partial charge in [0.05, 0.1) is 6.10 Å². The zero-order valence-corrected chi connectivity index (χ0v) is 9.60. The van der Waals surface area contributed by atoms with Crippen LogP contribution in [-0.4, -0.2) is 28.8 Å². The van der Waals surface area contributed by atoms with Crippen LogP contribution in [0, 0.1) is 0 Å². The Balaban J connectivity index is 1.71. The van der Waals surface area contributed by atoms with Crippen LogP contribution in [0.4, 0.5) is 0 Å². The summed E-state index contributed by atoms with van der Waals surface area (Å²) in [7, 11) is 0. The van der Waals surface area contributed by atoms with Crippen LogP contribution in [0.2, 0.25) is 0 Å². The number of pyridine rings is 1. The van der Waals surface area contributed by atoms with Gasteiger partial charge in [0, 0.05) is 18.4 Å². The number of nitrogens with one attached hydrogen (secondary N) is 1. The van der Waals surface area contributed by atoms with Crippen LogP contribution < -0.4 is 5.32 Å². The van der Waals surface area contributed by atoms with E-state index in [1.54, 1.807) is 0 Å². The molecule has 1 fully saturated rings. The van der Waals surface area contributed by atoms with Gasteiger partial charge in [0.1, 0.15) is 0 Å². The van der Waals surface area contributed by atoms with Gasteiger partial charge in [-0.1, -0.05) is 12.8 Å². The van der Waals surface area contributed by atoms with Crippen molar-refractivity contribution in [3.05, 3.63) is 30.1 Å². The molecule has 1 saturated carbocycles. The molecule has 0 aliphatic heterocycles. The molecule has 0 saturated heterocycles. The van der Waals surface area contributed by atoms with Gasteiger partial charge in [-0.2, -0.15) is 0 Å². The highest BCUT2D eigenvalue weighted by Crippen LogP contribution is 2.18. The van der Waals surface area contributed by atoms with Gasteiger partial charge in [-0.15, -0.1) is 0 Å².